The average molecular weight is 202 g/mol. The molecular formula is C8H6N6O. The van der Waals surface area contributed by atoms with Gasteiger partial charge in [-0.05, 0) is 6.08 Å². The van der Waals surface area contributed by atoms with E-state index in [1.807, 2.05) is 0 Å². The van der Waals surface area contributed by atoms with E-state index in [2.05, 4.69) is 30.2 Å². The van der Waals surface area contributed by atoms with E-state index in [4.69, 9.17) is 0 Å². The normalized spacial score (nSPS) is 13.7. The van der Waals surface area contributed by atoms with Crippen LogP contribution < -0.4 is 10.9 Å². The van der Waals surface area contributed by atoms with Crippen LogP contribution in [-0.2, 0) is 0 Å². The van der Waals surface area contributed by atoms with Gasteiger partial charge in [-0.15, -0.1) is 0 Å². The highest BCUT2D eigenvalue weighted by atomic mass is 16.1. The van der Waals surface area contributed by atoms with Crippen LogP contribution in [0.25, 0.3) is 11.2 Å². The first-order valence-electron chi connectivity index (χ1n) is 4.28. The van der Waals surface area contributed by atoms with Gasteiger partial charge in [0.25, 0.3) is 5.56 Å². The van der Waals surface area contributed by atoms with Crippen molar-refractivity contribution in [3.05, 3.63) is 29.0 Å². The second-order valence-electron chi connectivity index (χ2n) is 2.97. The van der Waals surface area contributed by atoms with Crippen molar-refractivity contribution >= 4 is 22.9 Å². The van der Waals surface area contributed by atoms with Crippen LogP contribution in [0.1, 0.15) is 0 Å². The summed E-state index contributed by atoms with van der Waals surface area (Å²) in [5.41, 5.74) is 0.487. The summed E-state index contributed by atoms with van der Waals surface area (Å²) in [6.45, 7) is 0. The molecule has 1 aliphatic heterocycles. The molecule has 74 valence electrons. The first kappa shape index (κ1) is 7.92. The number of aromatic nitrogens is 4. The maximum Gasteiger partial charge on any atom is 0.278 e. The van der Waals surface area contributed by atoms with E-state index >= 15 is 0 Å². The number of anilines is 1. The topological polar surface area (TPSA) is 98.8 Å². The lowest BCUT2D eigenvalue weighted by molar-refractivity contribution is 1.16. The monoisotopic (exact) mass is 202 g/mol. The number of hydrogen-bond acceptors (Lipinski definition) is 5. The minimum atomic E-state index is -0.260. The standard InChI is InChI=1S/C8H6N6O/c15-7-5-6(11-3-10-5)13-8(14-7)12-4-1-2-9-4/h1-3H,(H3,9,10,11,12,13,14,15). The van der Waals surface area contributed by atoms with Gasteiger partial charge in [-0.2, -0.15) is 4.98 Å². The van der Waals surface area contributed by atoms with Crippen LogP contribution in [0.3, 0.4) is 0 Å². The minimum absolute atomic E-state index is 0.260. The summed E-state index contributed by atoms with van der Waals surface area (Å²) in [5, 5.41) is 2.84. The largest absolute Gasteiger partial charge is 0.339 e. The molecule has 0 spiro atoms. The number of nitrogens with one attached hydrogen (secondary N) is 3. The van der Waals surface area contributed by atoms with E-state index < -0.39 is 0 Å². The molecule has 0 fully saturated rings. The van der Waals surface area contributed by atoms with E-state index in [-0.39, 0.29) is 5.56 Å². The second kappa shape index (κ2) is 2.77. The van der Waals surface area contributed by atoms with Gasteiger partial charge < -0.3 is 10.3 Å². The third kappa shape index (κ3) is 1.21. The number of amidine groups is 1. The summed E-state index contributed by atoms with van der Waals surface area (Å²) >= 11 is 0. The Kier molecular flexibility index (Phi) is 1.46. The zero-order valence-corrected chi connectivity index (χ0v) is 7.48. The highest BCUT2D eigenvalue weighted by Gasteiger charge is 2.07. The van der Waals surface area contributed by atoms with Crippen LogP contribution >= 0.6 is 0 Å². The average Bonchev–Trinajstić information content (AvgIpc) is 2.59. The van der Waals surface area contributed by atoms with Gasteiger partial charge in [-0.25, -0.2) is 9.98 Å². The van der Waals surface area contributed by atoms with E-state index in [1.54, 1.807) is 12.3 Å². The molecule has 0 radical (unpaired) electrons. The van der Waals surface area contributed by atoms with E-state index in [0.717, 1.165) is 0 Å². The molecule has 0 bridgehead atoms. The van der Waals surface area contributed by atoms with Crippen molar-refractivity contribution in [2.45, 2.75) is 0 Å². The van der Waals surface area contributed by atoms with Gasteiger partial charge >= 0.3 is 0 Å². The number of nitrogens with zero attached hydrogens (tertiary/aromatic N) is 3. The fourth-order valence-electron chi connectivity index (χ4n) is 1.25. The first-order valence-corrected chi connectivity index (χ1v) is 4.28. The molecule has 0 aromatic carbocycles. The quantitative estimate of drug-likeness (QED) is 0.605. The number of hydrogen-bond donors (Lipinski definition) is 3. The van der Waals surface area contributed by atoms with Crippen LogP contribution in [0.4, 0.5) is 5.95 Å². The predicted molar refractivity (Wildman–Crippen MR) is 54.7 cm³/mol. The van der Waals surface area contributed by atoms with Gasteiger partial charge in [0.1, 0.15) is 5.84 Å². The lowest BCUT2D eigenvalue weighted by atomic mass is 10.4. The van der Waals surface area contributed by atoms with Crippen LogP contribution in [0.15, 0.2) is 28.4 Å². The molecule has 0 amide bonds. The Balaban J connectivity index is 2.07. The van der Waals surface area contributed by atoms with Crippen molar-refractivity contribution in [3.8, 4) is 0 Å². The molecule has 3 rings (SSSR count). The smallest absolute Gasteiger partial charge is 0.278 e. The third-order valence-corrected chi connectivity index (χ3v) is 1.99. The Morgan fingerprint density at radius 2 is 2.27 bits per heavy atom. The number of aromatic amines is 2. The molecule has 3 heterocycles. The van der Waals surface area contributed by atoms with Crippen LogP contribution in [0.5, 0.6) is 0 Å². The summed E-state index contributed by atoms with van der Waals surface area (Å²) in [7, 11) is 0. The molecule has 0 atom stereocenters. The maximum atomic E-state index is 11.5. The summed E-state index contributed by atoms with van der Waals surface area (Å²) in [6.07, 6.45) is 4.85. The Morgan fingerprint density at radius 3 is 3.00 bits per heavy atom. The number of H-pyrrole nitrogens is 2. The number of rotatable bonds is 1. The predicted octanol–water partition coefficient (Wildman–Crippen LogP) is -0.0161. The number of aliphatic imine (C=N–C) groups is 1. The fourth-order valence-corrected chi connectivity index (χ4v) is 1.25. The van der Waals surface area contributed by atoms with Crippen LogP contribution in [-0.4, -0.2) is 25.8 Å². The Labute approximate surface area is 83.0 Å². The molecule has 0 unspecified atom stereocenters. The van der Waals surface area contributed by atoms with Gasteiger partial charge in [0, 0.05) is 6.20 Å². The minimum Gasteiger partial charge on any atom is -0.339 e. The first-order chi connectivity index (χ1) is 7.33. The van der Waals surface area contributed by atoms with Crippen LogP contribution in [0.2, 0.25) is 0 Å². The summed E-state index contributed by atoms with van der Waals surface area (Å²) in [5.74, 6) is 0.996. The molecule has 0 saturated carbocycles. The molecule has 1 aliphatic rings. The molecule has 2 aromatic heterocycles. The van der Waals surface area contributed by atoms with Crippen molar-refractivity contribution in [2.75, 3.05) is 5.32 Å². The summed E-state index contributed by atoms with van der Waals surface area (Å²) in [4.78, 5) is 28.7. The van der Waals surface area contributed by atoms with Crippen molar-refractivity contribution in [3.63, 3.8) is 0 Å². The van der Waals surface area contributed by atoms with Crippen molar-refractivity contribution in [1.82, 2.24) is 19.9 Å². The van der Waals surface area contributed by atoms with E-state index in [9.17, 15) is 4.79 Å². The molecule has 7 nitrogen and oxygen atoms in total. The molecular weight excluding hydrogens is 196 g/mol. The van der Waals surface area contributed by atoms with Crippen molar-refractivity contribution in [1.29, 1.82) is 0 Å². The van der Waals surface area contributed by atoms with Gasteiger partial charge in [0.2, 0.25) is 5.95 Å². The third-order valence-electron chi connectivity index (χ3n) is 1.99. The second-order valence-corrected chi connectivity index (χ2v) is 2.97. The maximum absolute atomic E-state index is 11.5. The molecule has 0 aliphatic carbocycles. The summed E-state index contributed by atoms with van der Waals surface area (Å²) in [6, 6.07) is 0. The summed E-state index contributed by atoms with van der Waals surface area (Å²) < 4.78 is 0. The van der Waals surface area contributed by atoms with E-state index in [0.29, 0.717) is 22.9 Å². The highest BCUT2D eigenvalue weighted by Crippen LogP contribution is 2.05. The van der Waals surface area contributed by atoms with Crippen molar-refractivity contribution < 1.29 is 0 Å². The van der Waals surface area contributed by atoms with E-state index in [1.165, 1.54) is 6.33 Å². The molecule has 2 aromatic rings. The molecule has 3 N–H and O–H groups in total. The zero-order valence-electron chi connectivity index (χ0n) is 7.48. The Bertz CT molecular complexity index is 634. The zero-order chi connectivity index (χ0) is 10.3. The number of fused-ring (bicyclic) bond motifs is 1. The molecule has 7 heteroatoms. The number of imidazole rings is 1. The Hall–Kier alpha value is -2.44. The van der Waals surface area contributed by atoms with Crippen LogP contribution in [0, 0.1) is 0 Å². The van der Waals surface area contributed by atoms with Gasteiger partial charge in [-0.3, -0.25) is 9.78 Å². The van der Waals surface area contributed by atoms with Crippen molar-refractivity contribution in [2.24, 2.45) is 4.99 Å². The fraction of sp³-hybridized carbons (Fsp3) is 0. The molecule has 15 heavy (non-hydrogen) atoms. The van der Waals surface area contributed by atoms with Gasteiger partial charge in [-0.1, -0.05) is 0 Å². The molecule has 0 saturated heterocycles. The SMILES string of the molecule is O=c1[nH]c(NC2=NC=C2)nc2nc[nH]c12. The lowest BCUT2D eigenvalue weighted by Crippen LogP contribution is -2.18. The lowest BCUT2D eigenvalue weighted by Gasteiger charge is -2.07. The van der Waals surface area contributed by atoms with Gasteiger partial charge in [0.15, 0.2) is 11.2 Å². The highest BCUT2D eigenvalue weighted by molar-refractivity contribution is 6.06. The Morgan fingerprint density at radius 1 is 1.40 bits per heavy atom. The van der Waals surface area contributed by atoms with Gasteiger partial charge in [0.05, 0.1) is 6.33 Å².